The lowest BCUT2D eigenvalue weighted by atomic mass is 10.1. The van der Waals surface area contributed by atoms with E-state index >= 15 is 0 Å². The predicted octanol–water partition coefficient (Wildman–Crippen LogP) is 3.38. The van der Waals surface area contributed by atoms with Crippen molar-refractivity contribution in [2.75, 3.05) is 0 Å². The van der Waals surface area contributed by atoms with Crippen LogP contribution in [0.5, 0.6) is 0 Å². The molecule has 1 unspecified atom stereocenters. The molecular formula is C18H16F3N5O. The zero-order valence-electron chi connectivity index (χ0n) is 14.3. The Balaban J connectivity index is 1.74. The lowest BCUT2D eigenvalue weighted by Gasteiger charge is -2.11. The Labute approximate surface area is 153 Å². The van der Waals surface area contributed by atoms with Crippen LogP contribution < -0.4 is 5.32 Å². The van der Waals surface area contributed by atoms with E-state index in [0.717, 1.165) is 18.0 Å². The minimum atomic E-state index is -4.53. The average molecular weight is 375 g/mol. The Hall–Kier alpha value is -3.15. The fraction of sp³-hybridized carbons (Fsp3) is 0.333. The van der Waals surface area contributed by atoms with Crippen molar-refractivity contribution in [1.82, 2.24) is 20.1 Å². The second-order valence-electron chi connectivity index (χ2n) is 6.23. The highest BCUT2D eigenvalue weighted by Crippen LogP contribution is 2.33. The smallest absolute Gasteiger partial charge is 0.348 e. The molecule has 0 saturated carbocycles. The van der Waals surface area contributed by atoms with E-state index in [9.17, 15) is 18.0 Å². The van der Waals surface area contributed by atoms with E-state index in [0.29, 0.717) is 29.8 Å². The van der Waals surface area contributed by atoms with Gasteiger partial charge in [-0.15, -0.1) is 0 Å². The minimum absolute atomic E-state index is 0.156. The van der Waals surface area contributed by atoms with E-state index in [1.807, 2.05) is 6.07 Å². The number of nitrogens with one attached hydrogen (secondary N) is 1. The third kappa shape index (κ3) is 4.16. The molecule has 1 aliphatic heterocycles. The maximum atomic E-state index is 12.8. The van der Waals surface area contributed by atoms with E-state index in [2.05, 4.69) is 22.0 Å². The van der Waals surface area contributed by atoms with Gasteiger partial charge in [-0.1, -0.05) is 6.58 Å². The fourth-order valence-corrected chi connectivity index (χ4v) is 2.91. The molecule has 1 atom stereocenters. The summed E-state index contributed by atoms with van der Waals surface area (Å²) in [6.45, 7) is 4.09. The summed E-state index contributed by atoms with van der Waals surface area (Å²) in [6.07, 6.45) is -2.33. The molecule has 0 fully saturated rings. The summed E-state index contributed by atoms with van der Waals surface area (Å²) in [5.74, 6) is -0.212. The first-order chi connectivity index (χ1) is 12.8. The first-order valence-electron chi connectivity index (χ1n) is 8.26. The van der Waals surface area contributed by atoms with Gasteiger partial charge in [0.2, 0.25) is 5.91 Å². The number of aromatic nitrogens is 3. The molecule has 1 amide bonds. The molecular weight excluding hydrogens is 359 g/mol. The van der Waals surface area contributed by atoms with E-state index < -0.39 is 11.9 Å². The van der Waals surface area contributed by atoms with Crippen molar-refractivity contribution < 1.29 is 18.0 Å². The van der Waals surface area contributed by atoms with Crippen LogP contribution in [0.15, 0.2) is 36.5 Å². The predicted molar refractivity (Wildman–Crippen MR) is 89.9 cm³/mol. The summed E-state index contributed by atoms with van der Waals surface area (Å²) in [4.78, 5) is 15.4. The van der Waals surface area contributed by atoms with E-state index in [-0.39, 0.29) is 24.8 Å². The van der Waals surface area contributed by atoms with Crippen LogP contribution in [0.1, 0.15) is 36.7 Å². The van der Waals surface area contributed by atoms with Crippen LogP contribution in [0, 0.1) is 11.3 Å². The van der Waals surface area contributed by atoms with Crippen LogP contribution >= 0.6 is 0 Å². The molecule has 0 spiro atoms. The van der Waals surface area contributed by atoms with E-state index in [1.54, 1.807) is 10.7 Å². The number of hydrogen-bond acceptors (Lipinski definition) is 4. The van der Waals surface area contributed by atoms with Gasteiger partial charge >= 0.3 is 6.18 Å². The Morgan fingerprint density at radius 1 is 1.41 bits per heavy atom. The van der Waals surface area contributed by atoms with Gasteiger partial charge in [0.05, 0.1) is 23.5 Å². The second kappa shape index (κ2) is 7.23. The lowest BCUT2D eigenvalue weighted by molar-refractivity contribution is -0.141. The van der Waals surface area contributed by atoms with Crippen LogP contribution in [0.4, 0.5) is 13.2 Å². The maximum Gasteiger partial charge on any atom is 0.433 e. The van der Waals surface area contributed by atoms with Gasteiger partial charge in [0.15, 0.2) is 0 Å². The second-order valence-corrected chi connectivity index (χ2v) is 6.23. The third-order valence-corrected chi connectivity index (χ3v) is 4.29. The monoisotopic (exact) mass is 375 g/mol. The number of pyridine rings is 1. The molecule has 3 rings (SSSR count). The quantitative estimate of drug-likeness (QED) is 0.812. The minimum Gasteiger partial charge on any atom is -0.348 e. The molecule has 140 valence electrons. The maximum absolute atomic E-state index is 12.8. The first-order valence-corrected chi connectivity index (χ1v) is 8.26. The van der Waals surface area contributed by atoms with Gasteiger partial charge in [0.25, 0.3) is 0 Å². The largest absolute Gasteiger partial charge is 0.433 e. The Kier molecular flexibility index (Phi) is 4.99. The average Bonchev–Trinajstić information content (AvgIpc) is 3.21. The summed E-state index contributed by atoms with van der Waals surface area (Å²) in [5.41, 5.74) is 0.810. The molecule has 0 saturated heterocycles. The zero-order chi connectivity index (χ0) is 19.6. The van der Waals surface area contributed by atoms with Crippen LogP contribution in [-0.4, -0.2) is 20.7 Å². The first kappa shape index (κ1) is 18.6. The van der Waals surface area contributed by atoms with Crippen molar-refractivity contribution in [3.05, 3.63) is 47.9 Å². The van der Waals surface area contributed by atoms with Crippen molar-refractivity contribution >= 4 is 5.91 Å². The highest BCUT2D eigenvalue weighted by Gasteiger charge is 2.33. The van der Waals surface area contributed by atoms with E-state index in [1.165, 1.54) is 6.07 Å². The molecule has 0 radical (unpaired) electrons. The van der Waals surface area contributed by atoms with Crippen molar-refractivity contribution in [3.8, 4) is 17.3 Å². The number of carbonyl (C=O) groups is 1. The summed E-state index contributed by atoms with van der Waals surface area (Å²) in [6, 6.07) is 5.73. The van der Waals surface area contributed by atoms with Crippen molar-refractivity contribution in [1.29, 1.82) is 5.26 Å². The number of alkyl halides is 3. The molecule has 27 heavy (non-hydrogen) atoms. The number of aryl methyl sites for hydroxylation is 1. The van der Waals surface area contributed by atoms with Gasteiger partial charge in [0, 0.05) is 30.3 Å². The molecule has 2 aromatic heterocycles. The number of fused-ring (bicyclic) bond motifs is 1. The number of amides is 1. The number of hydrogen-bond donors (Lipinski definition) is 1. The third-order valence-electron chi connectivity index (χ3n) is 4.29. The van der Waals surface area contributed by atoms with Gasteiger partial charge in [0.1, 0.15) is 5.69 Å². The number of nitrogens with zero attached hydrogens (tertiary/aromatic N) is 4. The molecule has 0 aliphatic carbocycles. The number of nitriles is 1. The van der Waals surface area contributed by atoms with Crippen molar-refractivity contribution in [2.45, 2.75) is 38.0 Å². The summed E-state index contributed by atoms with van der Waals surface area (Å²) in [5, 5.41) is 15.9. The molecule has 0 bridgehead atoms. The van der Waals surface area contributed by atoms with Crippen molar-refractivity contribution in [3.63, 3.8) is 0 Å². The number of allylic oxidation sites excluding steroid dienone is 1. The van der Waals surface area contributed by atoms with Gasteiger partial charge in [-0.25, -0.2) is 0 Å². The number of halogens is 3. The summed E-state index contributed by atoms with van der Waals surface area (Å²) < 4.78 is 40.2. The molecule has 2 aromatic rings. The SMILES string of the molecule is C=C(C#N)CCC(=O)NC1CCn2nc(-c3ccnc(C(F)(F)F)c3)cc21. The highest BCUT2D eigenvalue weighted by atomic mass is 19.4. The Bertz CT molecular complexity index is 926. The Morgan fingerprint density at radius 2 is 2.19 bits per heavy atom. The van der Waals surface area contributed by atoms with Gasteiger partial charge in [-0.2, -0.15) is 23.5 Å². The van der Waals surface area contributed by atoms with Crippen LogP contribution in [0.2, 0.25) is 0 Å². The number of carbonyl (C=O) groups excluding carboxylic acids is 1. The summed E-state index contributed by atoms with van der Waals surface area (Å²) >= 11 is 0. The topological polar surface area (TPSA) is 83.6 Å². The van der Waals surface area contributed by atoms with Gasteiger partial charge in [-0.05, 0) is 31.0 Å². The molecule has 1 aliphatic rings. The Morgan fingerprint density at radius 3 is 2.89 bits per heavy atom. The van der Waals surface area contributed by atoms with Crippen LogP contribution in [0.3, 0.4) is 0 Å². The zero-order valence-corrected chi connectivity index (χ0v) is 14.3. The van der Waals surface area contributed by atoms with Crippen molar-refractivity contribution in [2.24, 2.45) is 0 Å². The fourth-order valence-electron chi connectivity index (χ4n) is 2.91. The van der Waals surface area contributed by atoms with E-state index in [4.69, 9.17) is 5.26 Å². The molecule has 3 heterocycles. The normalized spacial score (nSPS) is 15.9. The molecule has 9 heteroatoms. The molecule has 6 nitrogen and oxygen atoms in total. The number of rotatable bonds is 5. The highest BCUT2D eigenvalue weighted by molar-refractivity contribution is 5.77. The van der Waals surface area contributed by atoms with Gasteiger partial charge in [-0.3, -0.25) is 14.5 Å². The standard InChI is InChI=1S/C18H16F3N5O/c1-11(10-22)2-3-17(27)24-13-5-7-26-15(13)9-14(25-26)12-4-6-23-16(8-12)18(19,20)21/h4,6,8-9,13H,1-3,5,7H2,(H,24,27). The van der Waals surface area contributed by atoms with Crippen LogP contribution in [0.25, 0.3) is 11.3 Å². The van der Waals surface area contributed by atoms with Crippen LogP contribution in [-0.2, 0) is 17.5 Å². The van der Waals surface area contributed by atoms with Gasteiger partial charge < -0.3 is 5.32 Å². The molecule has 0 aromatic carbocycles. The molecule has 1 N–H and O–H groups in total. The lowest BCUT2D eigenvalue weighted by Crippen LogP contribution is -2.26. The summed E-state index contributed by atoms with van der Waals surface area (Å²) in [7, 11) is 0.